The summed E-state index contributed by atoms with van der Waals surface area (Å²) in [5.74, 6) is -1.56. The zero-order chi connectivity index (χ0) is 21.0. The highest BCUT2D eigenvalue weighted by atomic mass is 16.4. The summed E-state index contributed by atoms with van der Waals surface area (Å²) >= 11 is 0. The monoisotopic (exact) mass is 386 g/mol. The molecule has 0 heterocycles. The Balaban J connectivity index is 4.85. The second-order valence-electron chi connectivity index (χ2n) is 7.24. The Labute approximate surface area is 160 Å². The lowest BCUT2D eigenvalue weighted by Crippen LogP contribution is -2.54. The van der Waals surface area contributed by atoms with Gasteiger partial charge in [-0.2, -0.15) is 0 Å². The summed E-state index contributed by atoms with van der Waals surface area (Å²) in [5, 5.41) is 15.1. The Hall–Kier alpha value is -2.56. The van der Waals surface area contributed by atoms with Crippen LogP contribution in [-0.4, -0.2) is 59.6 Å². The second kappa shape index (κ2) is 11.9. The van der Waals surface area contributed by atoms with E-state index in [4.69, 9.17) is 22.9 Å². The minimum Gasteiger partial charge on any atom is -0.480 e. The van der Waals surface area contributed by atoms with E-state index >= 15 is 0 Å². The lowest BCUT2D eigenvalue weighted by Gasteiger charge is -2.29. The van der Waals surface area contributed by atoms with Gasteiger partial charge in [-0.15, -0.1) is 0 Å². The van der Waals surface area contributed by atoms with Gasteiger partial charge in [-0.05, 0) is 46.5 Å². The second-order valence-corrected chi connectivity index (χ2v) is 7.24. The van der Waals surface area contributed by atoms with E-state index in [1.807, 2.05) is 20.8 Å². The molecule has 2 atom stereocenters. The summed E-state index contributed by atoms with van der Waals surface area (Å²) in [6, 6.07) is -1.59. The molecule has 0 saturated heterocycles. The van der Waals surface area contributed by atoms with E-state index in [1.165, 1.54) is 0 Å². The minimum absolute atomic E-state index is 0.00787. The standard InChI is InChI=1S/C16H34N8O3/c1-16(2,3)24-10(6-4-8-21-14(17)18)12(25)23-11(13(26)27)7-5-9-22-15(19)20/h10-11,24H,4-9H2,1-3H3,(H,23,25)(H,26,27)(H4,17,18,21)(H4,19,20,22)/t10-,11-/m1/s1. The van der Waals surface area contributed by atoms with E-state index in [0.29, 0.717) is 32.4 Å². The van der Waals surface area contributed by atoms with Crippen LogP contribution in [0.5, 0.6) is 0 Å². The van der Waals surface area contributed by atoms with Crippen molar-refractivity contribution >= 4 is 23.8 Å². The van der Waals surface area contributed by atoms with Crippen LogP contribution in [0.1, 0.15) is 46.5 Å². The topological polar surface area (TPSA) is 207 Å². The van der Waals surface area contributed by atoms with Crippen LogP contribution in [0.2, 0.25) is 0 Å². The molecule has 11 N–H and O–H groups in total. The number of amides is 1. The summed E-state index contributed by atoms with van der Waals surface area (Å²) in [6.07, 6.45) is 1.67. The Bertz CT molecular complexity index is 534. The van der Waals surface area contributed by atoms with Gasteiger partial charge < -0.3 is 38.7 Å². The van der Waals surface area contributed by atoms with Gasteiger partial charge in [-0.1, -0.05) is 0 Å². The highest BCUT2D eigenvalue weighted by Crippen LogP contribution is 2.08. The summed E-state index contributed by atoms with van der Waals surface area (Å²) in [4.78, 5) is 31.8. The van der Waals surface area contributed by atoms with Crippen LogP contribution >= 0.6 is 0 Å². The molecule has 0 spiro atoms. The fourth-order valence-corrected chi connectivity index (χ4v) is 2.33. The van der Waals surface area contributed by atoms with E-state index in [9.17, 15) is 14.7 Å². The van der Waals surface area contributed by atoms with Gasteiger partial charge in [0.1, 0.15) is 6.04 Å². The maximum Gasteiger partial charge on any atom is 0.326 e. The molecule has 0 fully saturated rings. The molecule has 0 saturated carbocycles. The maximum atomic E-state index is 12.6. The van der Waals surface area contributed by atoms with Crippen molar-refractivity contribution in [2.45, 2.75) is 64.1 Å². The van der Waals surface area contributed by atoms with Gasteiger partial charge in [-0.3, -0.25) is 14.8 Å². The molecule has 156 valence electrons. The third kappa shape index (κ3) is 13.3. The number of guanidine groups is 2. The number of hydrogen-bond acceptors (Lipinski definition) is 5. The molecule has 0 aliphatic heterocycles. The molecular formula is C16H34N8O3. The average Bonchev–Trinajstić information content (AvgIpc) is 2.51. The fourth-order valence-electron chi connectivity index (χ4n) is 2.33. The zero-order valence-corrected chi connectivity index (χ0v) is 16.4. The number of aliphatic imine (C=N–C) groups is 2. The molecule has 0 aromatic rings. The van der Waals surface area contributed by atoms with Crippen molar-refractivity contribution in [2.24, 2.45) is 32.9 Å². The Kier molecular flexibility index (Phi) is 10.8. The highest BCUT2D eigenvalue weighted by molar-refractivity contribution is 5.87. The molecule has 27 heavy (non-hydrogen) atoms. The van der Waals surface area contributed by atoms with E-state index in [2.05, 4.69) is 20.6 Å². The first-order chi connectivity index (χ1) is 12.4. The number of nitrogens with one attached hydrogen (secondary N) is 2. The number of carboxylic acids is 1. The molecular weight excluding hydrogens is 352 g/mol. The third-order valence-corrected chi connectivity index (χ3v) is 3.43. The van der Waals surface area contributed by atoms with Crippen molar-refractivity contribution in [1.29, 1.82) is 0 Å². The SMILES string of the molecule is CC(C)(C)N[C@H](CCCN=C(N)N)C(=O)N[C@H](CCCN=C(N)N)C(=O)O. The van der Waals surface area contributed by atoms with Gasteiger partial charge in [0.15, 0.2) is 11.9 Å². The van der Waals surface area contributed by atoms with Crippen LogP contribution in [0.3, 0.4) is 0 Å². The quantitative estimate of drug-likeness (QED) is 0.118. The maximum absolute atomic E-state index is 12.6. The van der Waals surface area contributed by atoms with Crippen LogP contribution in [0.15, 0.2) is 9.98 Å². The molecule has 0 radical (unpaired) electrons. The van der Waals surface area contributed by atoms with E-state index < -0.39 is 18.1 Å². The largest absolute Gasteiger partial charge is 0.480 e. The Morgan fingerprint density at radius 1 is 0.926 bits per heavy atom. The number of rotatable bonds is 12. The van der Waals surface area contributed by atoms with Gasteiger partial charge in [0.25, 0.3) is 0 Å². The third-order valence-electron chi connectivity index (χ3n) is 3.43. The summed E-state index contributed by atoms with van der Waals surface area (Å²) in [5.41, 5.74) is 20.7. The van der Waals surface area contributed by atoms with Gasteiger partial charge in [-0.25, -0.2) is 4.79 Å². The van der Waals surface area contributed by atoms with Crippen molar-refractivity contribution in [3.8, 4) is 0 Å². The molecule has 0 aromatic carbocycles. The summed E-state index contributed by atoms with van der Waals surface area (Å²) in [6.45, 7) is 6.45. The van der Waals surface area contributed by atoms with E-state index in [-0.39, 0.29) is 29.8 Å². The van der Waals surface area contributed by atoms with Gasteiger partial charge >= 0.3 is 5.97 Å². The van der Waals surface area contributed by atoms with Crippen LogP contribution in [0.4, 0.5) is 0 Å². The van der Waals surface area contributed by atoms with Crippen LogP contribution < -0.4 is 33.6 Å². The first kappa shape index (κ1) is 24.4. The molecule has 0 unspecified atom stereocenters. The summed E-state index contributed by atoms with van der Waals surface area (Å²) in [7, 11) is 0. The summed E-state index contributed by atoms with van der Waals surface area (Å²) < 4.78 is 0. The highest BCUT2D eigenvalue weighted by Gasteiger charge is 2.27. The molecule has 0 aliphatic carbocycles. The van der Waals surface area contributed by atoms with E-state index in [0.717, 1.165) is 0 Å². The smallest absolute Gasteiger partial charge is 0.326 e. The normalized spacial score (nSPS) is 13.3. The molecule has 0 bridgehead atoms. The lowest BCUT2D eigenvalue weighted by molar-refractivity contribution is -0.142. The fraction of sp³-hybridized carbons (Fsp3) is 0.750. The molecule has 11 nitrogen and oxygen atoms in total. The van der Waals surface area contributed by atoms with Crippen molar-refractivity contribution in [1.82, 2.24) is 10.6 Å². The molecule has 0 rings (SSSR count). The first-order valence-electron chi connectivity index (χ1n) is 8.84. The molecule has 0 aliphatic rings. The number of carbonyl (C=O) groups excluding carboxylic acids is 1. The number of nitrogens with zero attached hydrogens (tertiary/aromatic N) is 2. The molecule has 0 aromatic heterocycles. The van der Waals surface area contributed by atoms with Crippen molar-refractivity contribution in [3.05, 3.63) is 0 Å². The predicted octanol–water partition coefficient (Wildman–Crippen LogP) is -1.58. The van der Waals surface area contributed by atoms with E-state index in [1.54, 1.807) is 0 Å². The van der Waals surface area contributed by atoms with Crippen molar-refractivity contribution in [2.75, 3.05) is 13.1 Å². The number of nitrogens with two attached hydrogens (primary N) is 4. The number of carboxylic acid groups (broad SMARTS) is 1. The zero-order valence-electron chi connectivity index (χ0n) is 16.4. The van der Waals surface area contributed by atoms with Crippen LogP contribution in [0, 0.1) is 0 Å². The number of aliphatic carboxylic acids is 1. The lowest BCUT2D eigenvalue weighted by atomic mass is 10.0. The Morgan fingerprint density at radius 2 is 1.37 bits per heavy atom. The van der Waals surface area contributed by atoms with Crippen LogP contribution in [0.25, 0.3) is 0 Å². The average molecular weight is 387 g/mol. The minimum atomic E-state index is -1.11. The predicted molar refractivity (Wildman–Crippen MR) is 106 cm³/mol. The number of hydrogen-bond donors (Lipinski definition) is 7. The number of carbonyl (C=O) groups is 2. The van der Waals surface area contributed by atoms with Crippen molar-refractivity contribution < 1.29 is 14.7 Å². The van der Waals surface area contributed by atoms with Crippen molar-refractivity contribution in [3.63, 3.8) is 0 Å². The van der Waals surface area contributed by atoms with Gasteiger partial charge in [0.05, 0.1) is 6.04 Å². The first-order valence-corrected chi connectivity index (χ1v) is 8.84. The molecule has 1 amide bonds. The molecule has 11 heteroatoms. The Morgan fingerprint density at radius 3 is 1.74 bits per heavy atom. The van der Waals surface area contributed by atoms with Gasteiger partial charge in [0, 0.05) is 18.6 Å². The van der Waals surface area contributed by atoms with Gasteiger partial charge in [0.2, 0.25) is 5.91 Å². The van der Waals surface area contributed by atoms with Crippen LogP contribution in [-0.2, 0) is 9.59 Å².